The van der Waals surface area contributed by atoms with Gasteiger partial charge in [0.05, 0.1) is 5.56 Å². The molecule has 0 aromatic heterocycles. The van der Waals surface area contributed by atoms with Gasteiger partial charge in [0.1, 0.15) is 11.6 Å². The van der Waals surface area contributed by atoms with Crippen molar-refractivity contribution in [3.8, 4) is 5.75 Å². The molecule has 3 nitrogen and oxygen atoms in total. The lowest BCUT2D eigenvalue weighted by atomic mass is 9.96. The highest BCUT2D eigenvalue weighted by Gasteiger charge is 2.30. The number of benzene rings is 1. The van der Waals surface area contributed by atoms with Gasteiger partial charge in [-0.05, 0) is 24.5 Å². The average Bonchev–Trinajstić information content (AvgIpc) is 2.15. The molecular formula is C12H14FNO2. The van der Waals surface area contributed by atoms with Gasteiger partial charge in [0.2, 0.25) is 0 Å². The summed E-state index contributed by atoms with van der Waals surface area (Å²) in [6.07, 6.45) is 1.05. The second-order valence-corrected chi connectivity index (χ2v) is 4.15. The molecule has 16 heavy (non-hydrogen) atoms. The number of hydrogen-bond acceptors (Lipinski definition) is 2. The average molecular weight is 223 g/mol. The molecule has 1 aliphatic heterocycles. The molecule has 0 saturated carbocycles. The van der Waals surface area contributed by atoms with Crippen LogP contribution >= 0.6 is 0 Å². The number of nitrogens with zero attached hydrogens (tertiary/aromatic N) is 1. The van der Waals surface area contributed by atoms with Crippen LogP contribution in [0.25, 0.3) is 0 Å². The van der Waals surface area contributed by atoms with E-state index in [0.29, 0.717) is 5.92 Å². The van der Waals surface area contributed by atoms with E-state index in [1.165, 1.54) is 12.1 Å². The number of carbonyl (C=O) groups excluding carboxylic acids is 1. The third-order valence-electron chi connectivity index (χ3n) is 3.01. The Hall–Kier alpha value is -1.58. The van der Waals surface area contributed by atoms with Crippen LogP contribution in [0, 0.1) is 11.7 Å². The molecule has 1 fully saturated rings. The van der Waals surface area contributed by atoms with Gasteiger partial charge in [-0.2, -0.15) is 0 Å². The molecule has 1 aromatic carbocycles. The fourth-order valence-corrected chi connectivity index (χ4v) is 1.85. The molecule has 0 aliphatic carbocycles. The molecule has 86 valence electrons. The van der Waals surface area contributed by atoms with Crippen LogP contribution in [0.4, 0.5) is 4.39 Å². The summed E-state index contributed by atoms with van der Waals surface area (Å²) < 4.78 is 12.7. The Morgan fingerprint density at radius 1 is 1.56 bits per heavy atom. The van der Waals surface area contributed by atoms with Gasteiger partial charge in [0, 0.05) is 19.2 Å². The number of likely N-dealkylation sites (tertiary alicyclic amines) is 1. The number of halogens is 1. The first kappa shape index (κ1) is 10.9. The Morgan fingerprint density at radius 3 is 2.81 bits per heavy atom. The van der Waals surface area contributed by atoms with Crippen LogP contribution in [-0.2, 0) is 0 Å². The fourth-order valence-electron chi connectivity index (χ4n) is 1.85. The van der Waals surface area contributed by atoms with Crippen molar-refractivity contribution in [3.05, 3.63) is 29.6 Å². The van der Waals surface area contributed by atoms with E-state index < -0.39 is 5.82 Å². The minimum atomic E-state index is -0.538. The minimum Gasteiger partial charge on any atom is -0.507 e. The van der Waals surface area contributed by atoms with Crippen molar-refractivity contribution in [2.24, 2.45) is 5.92 Å². The Kier molecular flexibility index (Phi) is 2.81. The first-order chi connectivity index (χ1) is 7.61. The molecule has 0 bridgehead atoms. The second kappa shape index (κ2) is 4.12. The maximum atomic E-state index is 12.7. The van der Waals surface area contributed by atoms with E-state index >= 15 is 0 Å². The Morgan fingerprint density at radius 2 is 2.25 bits per heavy atom. The van der Waals surface area contributed by atoms with Crippen LogP contribution in [0.1, 0.15) is 23.7 Å². The van der Waals surface area contributed by atoms with Crippen molar-refractivity contribution in [2.45, 2.75) is 13.3 Å². The standard InChI is InChI=1S/C12H14FNO2/c1-2-8-6-14(7-8)12(16)10-4-3-9(13)5-11(10)15/h3-5,8,15H,2,6-7H2,1H3. The number of phenolic OH excluding ortho intramolecular Hbond substituents is 1. The molecule has 0 spiro atoms. The van der Waals surface area contributed by atoms with E-state index in [4.69, 9.17) is 0 Å². The summed E-state index contributed by atoms with van der Waals surface area (Å²) in [7, 11) is 0. The third-order valence-corrected chi connectivity index (χ3v) is 3.01. The molecule has 1 aromatic rings. The number of aromatic hydroxyl groups is 1. The van der Waals surface area contributed by atoms with E-state index in [0.717, 1.165) is 25.6 Å². The smallest absolute Gasteiger partial charge is 0.257 e. The molecular weight excluding hydrogens is 209 g/mol. The largest absolute Gasteiger partial charge is 0.507 e. The summed E-state index contributed by atoms with van der Waals surface area (Å²) in [6.45, 7) is 3.54. The predicted molar refractivity (Wildman–Crippen MR) is 57.7 cm³/mol. The molecule has 1 aliphatic rings. The minimum absolute atomic E-state index is 0.177. The van der Waals surface area contributed by atoms with Crippen LogP contribution < -0.4 is 0 Å². The quantitative estimate of drug-likeness (QED) is 0.833. The third kappa shape index (κ3) is 1.87. The van der Waals surface area contributed by atoms with Gasteiger partial charge in [-0.15, -0.1) is 0 Å². The highest BCUT2D eigenvalue weighted by atomic mass is 19.1. The van der Waals surface area contributed by atoms with Crippen molar-refractivity contribution in [1.29, 1.82) is 0 Å². The molecule has 1 amide bonds. The second-order valence-electron chi connectivity index (χ2n) is 4.15. The molecule has 0 radical (unpaired) electrons. The maximum Gasteiger partial charge on any atom is 0.257 e. The zero-order valence-electron chi connectivity index (χ0n) is 9.11. The lowest BCUT2D eigenvalue weighted by Crippen LogP contribution is -2.49. The van der Waals surface area contributed by atoms with E-state index in [1.54, 1.807) is 4.90 Å². The van der Waals surface area contributed by atoms with E-state index in [9.17, 15) is 14.3 Å². The van der Waals surface area contributed by atoms with Gasteiger partial charge >= 0.3 is 0 Å². The SMILES string of the molecule is CCC1CN(C(=O)c2ccc(F)cc2O)C1. The Labute approximate surface area is 93.5 Å². The summed E-state index contributed by atoms with van der Waals surface area (Å²) in [5.41, 5.74) is 0.177. The van der Waals surface area contributed by atoms with Gasteiger partial charge in [0.25, 0.3) is 5.91 Å². The molecule has 4 heteroatoms. The number of amides is 1. The van der Waals surface area contributed by atoms with Crippen LogP contribution in [0.2, 0.25) is 0 Å². The zero-order chi connectivity index (χ0) is 11.7. The van der Waals surface area contributed by atoms with Crippen LogP contribution in [0.15, 0.2) is 18.2 Å². The summed E-state index contributed by atoms with van der Waals surface area (Å²) in [4.78, 5) is 13.5. The van der Waals surface area contributed by atoms with Crippen molar-refractivity contribution in [3.63, 3.8) is 0 Å². The lowest BCUT2D eigenvalue weighted by molar-refractivity contribution is 0.0491. The summed E-state index contributed by atoms with van der Waals surface area (Å²) >= 11 is 0. The first-order valence-corrected chi connectivity index (χ1v) is 5.39. The van der Waals surface area contributed by atoms with Crippen LogP contribution in [0.5, 0.6) is 5.75 Å². The highest BCUT2D eigenvalue weighted by Crippen LogP contribution is 2.25. The van der Waals surface area contributed by atoms with Crippen molar-refractivity contribution in [2.75, 3.05) is 13.1 Å². The van der Waals surface area contributed by atoms with Crippen LogP contribution in [0.3, 0.4) is 0 Å². The first-order valence-electron chi connectivity index (χ1n) is 5.39. The van der Waals surface area contributed by atoms with E-state index in [2.05, 4.69) is 6.92 Å². The van der Waals surface area contributed by atoms with Crippen LogP contribution in [-0.4, -0.2) is 29.0 Å². The zero-order valence-corrected chi connectivity index (χ0v) is 9.11. The van der Waals surface area contributed by atoms with Gasteiger partial charge < -0.3 is 10.0 Å². The van der Waals surface area contributed by atoms with E-state index in [-0.39, 0.29) is 17.2 Å². The molecule has 1 saturated heterocycles. The van der Waals surface area contributed by atoms with Gasteiger partial charge in [-0.1, -0.05) is 6.92 Å². The molecule has 1 heterocycles. The van der Waals surface area contributed by atoms with Crippen molar-refractivity contribution in [1.82, 2.24) is 4.90 Å². The van der Waals surface area contributed by atoms with Crippen molar-refractivity contribution >= 4 is 5.91 Å². The number of phenols is 1. The molecule has 2 rings (SSSR count). The van der Waals surface area contributed by atoms with Crippen molar-refractivity contribution < 1.29 is 14.3 Å². The number of carbonyl (C=O) groups is 1. The van der Waals surface area contributed by atoms with Gasteiger partial charge in [0.15, 0.2) is 0 Å². The fraction of sp³-hybridized carbons (Fsp3) is 0.417. The molecule has 0 unspecified atom stereocenters. The number of hydrogen-bond donors (Lipinski definition) is 1. The van der Waals surface area contributed by atoms with Gasteiger partial charge in [-0.25, -0.2) is 4.39 Å². The summed E-state index contributed by atoms with van der Waals surface area (Å²) in [6, 6.07) is 3.47. The number of rotatable bonds is 2. The summed E-state index contributed by atoms with van der Waals surface area (Å²) in [5, 5.41) is 9.47. The summed E-state index contributed by atoms with van der Waals surface area (Å²) in [5.74, 6) is -0.484. The maximum absolute atomic E-state index is 12.7. The Balaban J connectivity index is 2.10. The molecule has 0 atom stereocenters. The van der Waals surface area contributed by atoms with Gasteiger partial charge in [-0.3, -0.25) is 4.79 Å². The molecule has 1 N–H and O–H groups in total. The topological polar surface area (TPSA) is 40.5 Å². The highest BCUT2D eigenvalue weighted by molar-refractivity contribution is 5.97. The predicted octanol–water partition coefficient (Wildman–Crippen LogP) is 2.01. The van der Waals surface area contributed by atoms with E-state index in [1.807, 2.05) is 0 Å². The normalized spacial score (nSPS) is 16.0. The monoisotopic (exact) mass is 223 g/mol. The lowest BCUT2D eigenvalue weighted by Gasteiger charge is -2.38. The Bertz CT molecular complexity index is 413.